The molecule has 2 aromatic carbocycles. The third-order valence-electron chi connectivity index (χ3n) is 5.15. The van der Waals surface area contributed by atoms with Crippen LogP contribution in [0.15, 0.2) is 59.6 Å². The van der Waals surface area contributed by atoms with E-state index in [-0.39, 0.29) is 0 Å². The molecule has 0 amide bonds. The predicted molar refractivity (Wildman–Crippen MR) is 145 cm³/mol. The highest BCUT2D eigenvalue weighted by molar-refractivity contribution is 8.02. The monoisotopic (exact) mass is 465 g/mol. The molecular formula is C28H39N3OS. The van der Waals surface area contributed by atoms with Gasteiger partial charge in [-0.25, -0.2) is 9.97 Å². The normalized spacial score (nSPS) is 14.4. The molecule has 1 atom stereocenters. The predicted octanol–water partition coefficient (Wildman–Crippen LogP) is 7.98. The number of hydrogen-bond acceptors (Lipinski definition) is 5. The number of unbranched alkanes of at least 4 members (excludes halogenated alkanes) is 2. The number of nitrogens with one attached hydrogen (secondary N) is 1. The molecule has 0 fully saturated rings. The zero-order valence-electron chi connectivity index (χ0n) is 21.0. The molecule has 1 aliphatic rings. The SMILES string of the molecule is CC.CC.COc1nc2ccccc2nc1-c1cccc(CCCCCC2=CSC(C)N2)c1. The number of thioether (sulfide) groups is 1. The number of allylic oxidation sites excluding steroid dienone is 1. The van der Waals surface area contributed by atoms with E-state index in [9.17, 15) is 0 Å². The van der Waals surface area contributed by atoms with Crippen molar-refractivity contribution in [3.8, 4) is 17.1 Å². The molecule has 1 aliphatic heterocycles. The Balaban J connectivity index is 0.000000914. The quantitative estimate of drug-likeness (QED) is 0.342. The van der Waals surface area contributed by atoms with Crippen LogP contribution in [-0.4, -0.2) is 22.5 Å². The highest BCUT2D eigenvalue weighted by Gasteiger charge is 2.13. The maximum absolute atomic E-state index is 5.53. The molecule has 33 heavy (non-hydrogen) atoms. The fraction of sp³-hybridized carbons (Fsp3) is 0.429. The highest BCUT2D eigenvalue weighted by Crippen LogP contribution is 2.29. The van der Waals surface area contributed by atoms with Crippen LogP contribution in [0.1, 0.15) is 65.9 Å². The van der Waals surface area contributed by atoms with E-state index >= 15 is 0 Å². The van der Waals surface area contributed by atoms with Crippen LogP contribution < -0.4 is 10.1 Å². The van der Waals surface area contributed by atoms with Gasteiger partial charge >= 0.3 is 0 Å². The molecule has 5 heteroatoms. The van der Waals surface area contributed by atoms with Crippen LogP contribution in [0.5, 0.6) is 5.88 Å². The molecule has 0 radical (unpaired) electrons. The molecule has 0 saturated carbocycles. The van der Waals surface area contributed by atoms with Crippen molar-refractivity contribution < 1.29 is 4.74 Å². The van der Waals surface area contributed by atoms with E-state index in [1.807, 2.05) is 63.7 Å². The van der Waals surface area contributed by atoms with Gasteiger partial charge in [0.25, 0.3) is 0 Å². The summed E-state index contributed by atoms with van der Waals surface area (Å²) in [5, 5.41) is 6.31. The number of rotatable bonds is 8. The minimum atomic E-state index is 0.530. The first-order valence-corrected chi connectivity index (χ1v) is 13.2. The average molecular weight is 466 g/mol. The molecule has 0 spiro atoms. The van der Waals surface area contributed by atoms with Crippen LogP contribution in [0.4, 0.5) is 0 Å². The number of para-hydroxylation sites is 2. The van der Waals surface area contributed by atoms with Crippen LogP contribution in [0.25, 0.3) is 22.3 Å². The third kappa shape index (κ3) is 7.78. The molecule has 0 saturated heterocycles. The lowest BCUT2D eigenvalue weighted by molar-refractivity contribution is 0.400. The summed E-state index contributed by atoms with van der Waals surface area (Å²) < 4.78 is 5.53. The Morgan fingerprint density at radius 2 is 1.58 bits per heavy atom. The number of methoxy groups -OCH3 is 1. The van der Waals surface area contributed by atoms with E-state index in [0.29, 0.717) is 11.3 Å². The third-order valence-corrected chi connectivity index (χ3v) is 6.09. The Hall–Kier alpha value is -2.53. The summed E-state index contributed by atoms with van der Waals surface area (Å²) in [6, 6.07) is 16.5. The first kappa shape index (κ1) is 26.7. The van der Waals surface area contributed by atoms with E-state index in [0.717, 1.165) is 35.1 Å². The molecule has 178 valence electrons. The lowest BCUT2D eigenvalue weighted by atomic mass is 10.0. The molecule has 2 heterocycles. The molecule has 0 bridgehead atoms. The molecule has 0 aliphatic carbocycles. The van der Waals surface area contributed by atoms with E-state index in [1.165, 1.54) is 30.5 Å². The average Bonchev–Trinajstić information content (AvgIpc) is 3.30. The van der Waals surface area contributed by atoms with Crippen molar-refractivity contribution in [2.24, 2.45) is 0 Å². The van der Waals surface area contributed by atoms with E-state index in [2.05, 4.69) is 46.9 Å². The Kier molecular flexibility index (Phi) is 11.8. The Labute approximate surface area is 204 Å². The summed E-state index contributed by atoms with van der Waals surface area (Å²) in [6.07, 6.45) is 5.90. The second kappa shape index (κ2) is 14.6. The van der Waals surface area contributed by atoms with Gasteiger partial charge in [0.15, 0.2) is 0 Å². The van der Waals surface area contributed by atoms with Crippen LogP contribution in [0.2, 0.25) is 0 Å². The van der Waals surface area contributed by atoms with Gasteiger partial charge in [-0.15, -0.1) is 11.8 Å². The van der Waals surface area contributed by atoms with Gasteiger partial charge in [-0.05, 0) is 61.8 Å². The van der Waals surface area contributed by atoms with Crippen molar-refractivity contribution in [2.75, 3.05) is 7.11 Å². The summed E-state index contributed by atoms with van der Waals surface area (Å²) in [7, 11) is 1.65. The summed E-state index contributed by atoms with van der Waals surface area (Å²) in [6.45, 7) is 10.2. The van der Waals surface area contributed by atoms with Gasteiger partial charge in [-0.3, -0.25) is 0 Å². The maximum Gasteiger partial charge on any atom is 0.240 e. The number of ether oxygens (including phenoxy) is 1. The summed E-state index contributed by atoms with van der Waals surface area (Å²) in [5.74, 6) is 0.574. The van der Waals surface area contributed by atoms with Gasteiger partial charge in [0.1, 0.15) is 5.69 Å². The first-order valence-electron chi connectivity index (χ1n) is 12.2. The number of aryl methyl sites for hydroxylation is 1. The fourth-order valence-corrected chi connectivity index (χ4v) is 4.43. The van der Waals surface area contributed by atoms with Gasteiger partial charge in [0, 0.05) is 11.3 Å². The lowest BCUT2D eigenvalue weighted by Crippen LogP contribution is -2.16. The molecule has 1 N–H and O–H groups in total. The minimum absolute atomic E-state index is 0.530. The minimum Gasteiger partial charge on any atom is -0.479 e. The van der Waals surface area contributed by atoms with Crippen molar-refractivity contribution in [3.05, 3.63) is 65.2 Å². The van der Waals surface area contributed by atoms with Crippen molar-refractivity contribution in [1.82, 2.24) is 15.3 Å². The summed E-state index contributed by atoms with van der Waals surface area (Å²) in [4.78, 5) is 9.45. The van der Waals surface area contributed by atoms with Gasteiger partial charge in [0.2, 0.25) is 5.88 Å². The zero-order chi connectivity index (χ0) is 24.1. The van der Waals surface area contributed by atoms with Crippen molar-refractivity contribution in [3.63, 3.8) is 0 Å². The van der Waals surface area contributed by atoms with E-state index in [1.54, 1.807) is 7.11 Å². The number of hydrogen-bond donors (Lipinski definition) is 1. The molecule has 3 aromatic rings. The first-order chi connectivity index (χ1) is 16.2. The summed E-state index contributed by atoms with van der Waals surface area (Å²) >= 11 is 1.87. The molecule has 1 aromatic heterocycles. The van der Waals surface area contributed by atoms with Crippen LogP contribution in [0.3, 0.4) is 0 Å². The van der Waals surface area contributed by atoms with Crippen molar-refractivity contribution in [2.45, 2.75) is 72.1 Å². The second-order valence-corrected chi connectivity index (χ2v) is 8.61. The maximum atomic E-state index is 5.53. The smallest absolute Gasteiger partial charge is 0.240 e. The van der Waals surface area contributed by atoms with E-state index < -0.39 is 0 Å². The number of fused-ring (bicyclic) bond motifs is 1. The summed E-state index contributed by atoms with van der Waals surface area (Å²) in [5.41, 5.74) is 6.33. The Morgan fingerprint density at radius 3 is 2.24 bits per heavy atom. The standard InChI is InChI=1S/C24H27N3OS.2C2H6/c1-17-25-20(16-29-17)12-5-3-4-9-18-10-8-11-19(15-18)23-24(28-2)27-22-14-7-6-13-21(22)26-23;2*1-2/h6-8,10-11,13-17,25H,3-5,9,12H2,1-2H3;2*1-2H3. The number of aromatic nitrogens is 2. The molecular weight excluding hydrogens is 426 g/mol. The van der Waals surface area contributed by atoms with Gasteiger partial charge < -0.3 is 10.1 Å². The van der Waals surface area contributed by atoms with Crippen molar-refractivity contribution >= 4 is 22.8 Å². The van der Waals surface area contributed by atoms with Gasteiger partial charge in [-0.2, -0.15) is 0 Å². The lowest BCUT2D eigenvalue weighted by Gasteiger charge is -2.10. The largest absolute Gasteiger partial charge is 0.479 e. The molecule has 4 nitrogen and oxygen atoms in total. The topological polar surface area (TPSA) is 47.0 Å². The van der Waals surface area contributed by atoms with Crippen LogP contribution in [0, 0.1) is 0 Å². The Morgan fingerprint density at radius 1 is 0.879 bits per heavy atom. The van der Waals surface area contributed by atoms with Crippen LogP contribution in [-0.2, 0) is 6.42 Å². The highest BCUT2D eigenvalue weighted by atomic mass is 32.2. The van der Waals surface area contributed by atoms with Gasteiger partial charge in [0.05, 0.1) is 23.5 Å². The van der Waals surface area contributed by atoms with E-state index in [4.69, 9.17) is 9.72 Å². The second-order valence-electron chi connectivity index (χ2n) is 7.40. The number of nitrogens with zero attached hydrogens (tertiary/aromatic N) is 2. The number of benzene rings is 2. The Bertz CT molecular complexity index is 1020. The zero-order valence-corrected chi connectivity index (χ0v) is 21.8. The fourth-order valence-electron chi connectivity index (χ4n) is 3.65. The molecule has 4 rings (SSSR count). The molecule has 1 unspecified atom stereocenters. The van der Waals surface area contributed by atoms with Crippen molar-refractivity contribution in [1.29, 1.82) is 0 Å². The van der Waals surface area contributed by atoms with Gasteiger partial charge in [-0.1, -0.05) is 64.4 Å². The van der Waals surface area contributed by atoms with Crippen LogP contribution >= 0.6 is 11.8 Å².